The van der Waals surface area contributed by atoms with Crippen LogP contribution in [-0.4, -0.2) is 30.1 Å². The van der Waals surface area contributed by atoms with Crippen LogP contribution in [0.2, 0.25) is 5.02 Å². The van der Waals surface area contributed by atoms with Crippen molar-refractivity contribution in [1.29, 1.82) is 5.26 Å². The first-order chi connectivity index (χ1) is 8.96. The highest BCUT2D eigenvalue weighted by molar-refractivity contribution is 9.10. The Morgan fingerprint density at radius 1 is 1.58 bits per heavy atom. The van der Waals surface area contributed by atoms with Gasteiger partial charge < -0.3 is 10.2 Å². The van der Waals surface area contributed by atoms with E-state index < -0.39 is 5.54 Å². The molecule has 1 N–H and O–H groups in total. The second kappa shape index (κ2) is 5.70. The van der Waals surface area contributed by atoms with E-state index in [-0.39, 0.29) is 0 Å². The number of halogens is 2. The van der Waals surface area contributed by atoms with Crippen LogP contribution in [-0.2, 0) is 0 Å². The van der Waals surface area contributed by atoms with Crippen LogP contribution < -0.4 is 5.32 Å². The Morgan fingerprint density at radius 2 is 2.32 bits per heavy atom. The molecular weight excluding hydrogens is 326 g/mol. The molecule has 0 aromatic heterocycles. The zero-order valence-corrected chi connectivity index (χ0v) is 13.4. The van der Waals surface area contributed by atoms with E-state index in [2.05, 4.69) is 46.2 Å². The van der Waals surface area contributed by atoms with E-state index in [0.717, 1.165) is 29.5 Å². The minimum Gasteiger partial charge on any atom is -0.367 e. The van der Waals surface area contributed by atoms with E-state index in [1.165, 1.54) is 0 Å². The van der Waals surface area contributed by atoms with E-state index in [1.54, 1.807) is 0 Å². The Kier molecular flexibility index (Phi) is 4.39. The molecule has 0 bridgehead atoms. The third-order valence-electron chi connectivity index (χ3n) is 3.80. The fraction of sp³-hybridized carbons (Fsp3) is 0.500. The van der Waals surface area contributed by atoms with Gasteiger partial charge in [0.2, 0.25) is 0 Å². The van der Waals surface area contributed by atoms with Gasteiger partial charge in [0.1, 0.15) is 5.54 Å². The molecule has 1 fully saturated rings. The molecule has 2 atom stereocenters. The molecule has 1 aliphatic heterocycles. The molecule has 0 radical (unpaired) electrons. The van der Waals surface area contributed by atoms with Gasteiger partial charge in [0.15, 0.2) is 0 Å². The summed E-state index contributed by atoms with van der Waals surface area (Å²) in [5.74, 6) is 0. The summed E-state index contributed by atoms with van der Waals surface area (Å²) in [4.78, 5) is 2.29. The Morgan fingerprint density at radius 3 is 2.89 bits per heavy atom. The molecule has 1 saturated heterocycles. The fourth-order valence-corrected chi connectivity index (χ4v) is 2.94. The maximum absolute atomic E-state index is 9.56. The lowest BCUT2D eigenvalue weighted by Gasteiger charge is -2.41. The van der Waals surface area contributed by atoms with Crippen LogP contribution in [0.1, 0.15) is 19.8 Å². The molecule has 0 spiro atoms. The van der Waals surface area contributed by atoms with Gasteiger partial charge in [-0.25, -0.2) is 0 Å². The van der Waals surface area contributed by atoms with Crippen LogP contribution in [0.15, 0.2) is 22.7 Å². The molecule has 1 aromatic rings. The molecule has 1 aliphatic rings. The van der Waals surface area contributed by atoms with E-state index in [9.17, 15) is 5.26 Å². The summed E-state index contributed by atoms with van der Waals surface area (Å²) in [6, 6.07) is 8.53. The monoisotopic (exact) mass is 341 g/mol. The Labute approximate surface area is 127 Å². The molecule has 19 heavy (non-hydrogen) atoms. The number of rotatable bonds is 2. The normalized spacial score (nSPS) is 27.8. The third kappa shape index (κ3) is 3.22. The highest BCUT2D eigenvalue weighted by Crippen LogP contribution is 2.32. The van der Waals surface area contributed by atoms with Crippen LogP contribution in [0, 0.1) is 11.3 Å². The summed E-state index contributed by atoms with van der Waals surface area (Å²) in [5.41, 5.74) is 0.439. The number of benzene rings is 1. The first kappa shape index (κ1) is 14.6. The molecular formula is C14H17BrClN3. The number of nitrogens with zero attached hydrogens (tertiary/aromatic N) is 2. The van der Waals surface area contributed by atoms with Crippen molar-refractivity contribution >= 4 is 33.2 Å². The number of hydrogen-bond acceptors (Lipinski definition) is 3. The molecule has 102 valence electrons. The maximum Gasteiger partial charge on any atom is 0.128 e. The quantitative estimate of drug-likeness (QED) is 0.886. The minimum atomic E-state index is -0.487. The van der Waals surface area contributed by atoms with Crippen LogP contribution in [0.5, 0.6) is 0 Å². The lowest BCUT2D eigenvalue weighted by Crippen LogP contribution is -2.51. The summed E-state index contributed by atoms with van der Waals surface area (Å²) in [5, 5.41) is 13.6. The third-order valence-corrected chi connectivity index (χ3v) is 5.02. The number of piperidine rings is 1. The lowest BCUT2D eigenvalue weighted by atomic mass is 9.85. The van der Waals surface area contributed by atoms with Gasteiger partial charge in [-0.2, -0.15) is 5.26 Å². The van der Waals surface area contributed by atoms with Crippen molar-refractivity contribution in [1.82, 2.24) is 4.90 Å². The molecule has 2 rings (SSSR count). The first-order valence-electron chi connectivity index (χ1n) is 6.30. The highest BCUT2D eigenvalue weighted by atomic mass is 79.9. The summed E-state index contributed by atoms with van der Waals surface area (Å²) in [6.45, 7) is 3.08. The SMILES string of the molecule is CC1CC(C#N)(Nc2ccc(Cl)c(Br)c2)CCN1C. The Bertz CT molecular complexity index is 514. The van der Waals surface area contributed by atoms with Gasteiger partial charge in [0.05, 0.1) is 11.1 Å². The van der Waals surface area contributed by atoms with Crippen molar-refractivity contribution in [3.05, 3.63) is 27.7 Å². The first-order valence-corrected chi connectivity index (χ1v) is 7.47. The summed E-state index contributed by atoms with van der Waals surface area (Å²) < 4.78 is 0.841. The molecule has 1 heterocycles. The minimum absolute atomic E-state index is 0.400. The second-order valence-corrected chi connectivity index (χ2v) is 6.49. The van der Waals surface area contributed by atoms with Gasteiger partial charge in [0.25, 0.3) is 0 Å². The van der Waals surface area contributed by atoms with Crippen molar-refractivity contribution in [2.75, 3.05) is 18.9 Å². The zero-order chi connectivity index (χ0) is 14.0. The summed E-state index contributed by atoms with van der Waals surface area (Å²) in [6.07, 6.45) is 1.64. The summed E-state index contributed by atoms with van der Waals surface area (Å²) in [7, 11) is 2.10. The molecule has 2 unspecified atom stereocenters. The predicted molar refractivity (Wildman–Crippen MR) is 82.4 cm³/mol. The summed E-state index contributed by atoms with van der Waals surface area (Å²) >= 11 is 9.40. The smallest absolute Gasteiger partial charge is 0.128 e. The van der Waals surface area contributed by atoms with Crippen LogP contribution >= 0.6 is 27.5 Å². The molecule has 0 saturated carbocycles. The average molecular weight is 343 g/mol. The van der Waals surface area contributed by atoms with Gasteiger partial charge in [0, 0.05) is 22.7 Å². The van der Waals surface area contributed by atoms with Gasteiger partial charge in [-0.05, 0) is 60.9 Å². The van der Waals surface area contributed by atoms with Gasteiger partial charge in [-0.1, -0.05) is 11.6 Å². The van der Waals surface area contributed by atoms with Crippen LogP contribution in [0.25, 0.3) is 0 Å². The number of anilines is 1. The highest BCUT2D eigenvalue weighted by Gasteiger charge is 2.37. The molecule has 0 aliphatic carbocycles. The largest absolute Gasteiger partial charge is 0.367 e. The predicted octanol–water partition coefficient (Wildman–Crippen LogP) is 3.89. The topological polar surface area (TPSA) is 39.1 Å². The number of nitrogens with one attached hydrogen (secondary N) is 1. The maximum atomic E-state index is 9.56. The number of likely N-dealkylation sites (tertiary alicyclic amines) is 1. The van der Waals surface area contributed by atoms with Crippen molar-refractivity contribution in [3.8, 4) is 6.07 Å². The van der Waals surface area contributed by atoms with Crippen molar-refractivity contribution < 1.29 is 0 Å². The standard InChI is InChI=1S/C14H17BrClN3/c1-10-8-14(9-17,5-6-19(10)2)18-11-3-4-13(16)12(15)7-11/h3-4,7,10,18H,5-6,8H2,1-2H3. The van der Waals surface area contributed by atoms with Crippen molar-refractivity contribution in [3.63, 3.8) is 0 Å². The second-order valence-electron chi connectivity index (χ2n) is 5.23. The van der Waals surface area contributed by atoms with Crippen molar-refractivity contribution in [2.45, 2.75) is 31.3 Å². The van der Waals surface area contributed by atoms with E-state index in [0.29, 0.717) is 11.1 Å². The zero-order valence-electron chi connectivity index (χ0n) is 11.1. The molecule has 1 aromatic carbocycles. The number of nitriles is 1. The number of hydrogen-bond donors (Lipinski definition) is 1. The fourth-order valence-electron chi connectivity index (χ4n) is 2.44. The average Bonchev–Trinajstić information content (AvgIpc) is 2.39. The Balaban J connectivity index is 2.19. The molecule has 5 heteroatoms. The van der Waals surface area contributed by atoms with Crippen molar-refractivity contribution in [2.24, 2.45) is 0 Å². The lowest BCUT2D eigenvalue weighted by molar-refractivity contribution is 0.167. The van der Waals surface area contributed by atoms with Gasteiger partial charge in [-0.15, -0.1) is 0 Å². The van der Waals surface area contributed by atoms with E-state index >= 15 is 0 Å². The molecule has 0 amide bonds. The van der Waals surface area contributed by atoms with E-state index in [1.807, 2.05) is 18.2 Å². The molecule has 3 nitrogen and oxygen atoms in total. The van der Waals surface area contributed by atoms with Crippen LogP contribution in [0.3, 0.4) is 0 Å². The van der Waals surface area contributed by atoms with Gasteiger partial charge in [-0.3, -0.25) is 0 Å². The van der Waals surface area contributed by atoms with Gasteiger partial charge >= 0.3 is 0 Å². The van der Waals surface area contributed by atoms with E-state index in [4.69, 9.17) is 11.6 Å². The van der Waals surface area contributed by atoms with Crippen LogP contribution in [0.4, 0.5) is 5.69 Å². The Hall–Kier alpha value is -0.760.